The molecule has 0 aromatic heterocycles. The van der Waals surface area contributed by atoms with Crippen LogP contribution in [0.15, 0.2) is 0 Å². The standard InChI is InChI=1S/C12H22N2O3/c1-12(2,3)17-10(15)8-14(4)11(16)9-6-5-7-13-9/h9,13H,5-8H2,1-4H3/t9-/m0/s1. The summed E-state index contributed by atoms with van der Waals surface area (Å²) in [7, 11) is 1.63. The molecule has 0 spiro atoms. The first-order chi connectivity index (χ1) is 7.79. The van der Waals surface area contributed by atoms with Crippen LogP contribution in [0.5, 0.6) is 0 Å². The Labute approximate surface area is 102 Å². The topological polar surface area (TPSA) is 58.6 Å². The third-order valence-electron chi connectivity index (χ3n) is 2.52. The summed E-state index contributed by atoms with van der Waals surface area (Å²) in [4.78, 5) is 24.9. The first-order valence-electron chi connectivity index (χ1n) is 6.00. The molecule has 0 aliphatic carbocycles. The van der Waals surface area contributed by atoms with E-state index < -0.39 is 5.60 Å². The Morgan fingerprint density at radius 3 is 2.53 bits per heavy atom. The Kier molecular flexibility index (Phi) is 4.51. The summed E-state index contributed by atoms with van der Waals surface area (Å²) >= 11 is 0. The van der Waals surface area contributed by atoms with E-state index in [1.165, 1.54) is 4.90 Å². The number of esters is 1. The van der Waals surface area contributed by atoms with Gasteiger partial charge in [-0.05, 0) is 40.2 Å². The number of hydrogen-bond acceptors (Lipinski definition) is 4. The van der Waals surface area contributed by atoms with Crippen LogP contribution in [0, 0.1) is 0 Å². The molecule has 0 unspecified atom stereocenters. The predicted octanol–water partition coefficient (Wildman–Crippen LogP) is 0.539. The molecule has 1 heterocycles. The first kappa shape index (κ1) is 14.0. The maximum atomic E-state index is 11.9. The molecule has 0 bridgehead atoms. The van der Waals surface area contributed by atoms with Crippen LogP contribution in [0.1, 0.15) is 33.6 Å². The minimum Gasteiger partial charge on any atom is -0.459 e. The molecule has 1 rings (SSSR count). The van der Waals surface area contributed by atoms with Crippen molar-refractivity contribution in [3.05, 3.63) is 0 Å². The molecule has 1 aliphatic heterocycles. The van der Waals surface area contributed by atoms with Gasteiger partial charge in [-0.3, -0.25) is 9.59 Å². The number of nitrogens with one attached hydrogen (secondary N) is 1. The van der Waals surface area contributed by atoms with Gasteiger partial charge >= 0.3 is 5.97 Å². The summed E-state index contributed by atoms with van der Waals surface area (Å²) in [5, 5.41) is 3.12. The van der Waals surface area contributed by atoms with Gasteiger partial charge in [-0.2, -0.15) is 0 Å². The lowest BCUT2D eigenvalue weighted by molar-refractivity contribution is -0.158. The second-order valence-electron chi connectivity index (χ2n) is 5.43. The van der Waals surface area contributed by atoms with E-state index in [0.29, 0.717) is 0 Å². The Bertz CT molecular complexity index is 291. The van der Waals surface area contributed by atoms with Crippen LogP contribution >= 0.6 is 0 Å². The van der Waals surface area contributed by atoms with Gasteiger partial charge in [0.25, 0.3) is 0 Å². The molecule has 1 fully saturated rings. The zero-order valence-electron chi connectivity index (χ0n) is 11.1. The van der Waals surface area contributed by atoms with E-state index in [9.17, 15) is 9.59 Å². The van der Waals surface area contributed by atoms with E-state index in [1.54, 1.807) is 7.05 Å². The highest BCUT2D eigenvalue weighted by atomic mass is 16.6. The van der Waals surface area contributed by atoms with Crippen molar-refractivity contribution in [3.63, 3.8) is 0 Å². The average molecular weight is 242 g/mol. The normalized spacial score (nSPS) is 20.1. The highest BCUT2D eigenvalue weighted by molar-refractivity contribution is 5.85. The van der Waals surface area contributed by atoms with Gasteiger partial charge < -0.3 is 15.0 Å². The third kappa shape index (κ3) is 4.73. The van der Waals surface area contributed by atoms with Crippen molar-refractivity contribution in [2.75, 3.05) is 20.1 Å². The second-order valence-corrected chi connectivity index (χ2v) is 5.43. The fourth-order valence-electron chi connectivity index (χ4n) is 1.81. The molecule has 0 saturated carbocycles. The zero-order chi connectivity index (χ0) is 13.1. The summed E-state index contributed by atoms with van der Waals surface area (Å²) in [5.74, 6) is -0.403. The molecule has 0 aromatic rings. The van der Waals surface area contributed by atoms with E-state index in [0.717, 1.165) is 19.4 Å². The molecule has 5 heteroatoms. The smallest absolute Gasteiger partial charge is 0.326 e. The highest BCUT2D eigenvalue weighted by Crippen LogP contribution is 2.10. The number of rotatable bonds is 3. The quantitative estimate of drug-likeness (QED) is 0.734. The minimum absolute atomic E-state index is 0.00822. The molecule has 17 heavy (non-hydrogen) atoms. The molecule has 1 aliphatic rings. The Hall–Kier alpha value is -1.10. The molecular formula is C12H22N2O3. The van der Waals surface area contributed by atoms with Crippen molar-refractivity contribution in [2.45, 2.75) is 45.3 Å². The maximum Gasteiger partial charge on any atom is 0.326 e. The van der Waals surface area contributed by atoms with E-state index in [1.807, 2.05) is 20.8 Å². The Balaban J connectivity index is 2.40. The predicted molar refractivity (Wildman–Crippen MR) is 64.5 cm³/mol. The van der Waals surface area contributed by atoms with Crippen LogP contribution in [-0.4, -0.2) is 48.6 Å². The lowest BCUT2D eigenvalue weighted by atomic mass is 10.2. The summed E-state index contributed by atoms with van der Waals surface area (Å²) in [6, 6.07) is -0.137. The van der Waals surface area contributed by atoms with Crippen molar-refractivity contribution in [2.24, 2.45) is 0 Å². The monoisotopic (exact) mass is 242 g/mol. The lowest BCUT2D eigenvalue weighted by Crippen LogP contribution is -2.44. The number of amides is 1. The van der Waals surface area contributed by atoms with Crippen molar-refractivity contribution in [3.8, 4) is 0 Å². The summed E-state index contributed by atoms with van der Waals surface area (Å²) in [6.45, 7) is 6.31. The zero-order valence-corrected chi connectivity index (χ0v) is 11.1. The van der Waals surface area contributed by atoms with Gasteiger partial charge in [-0.25, -0.2) is 0 Å². The van der Waals surface area contributed by atoms with Crippen molar-refractivity contribution >= 4 is 11.9 Å². The van der Waals surface area contributed by atoms with Crippen molar-refractivity contribution < 1.29 is 14.3 Å². The molecule has 1 saturated heterocycles. The van der Waals surface area contributed by atoms with Crippen LogP contribution in [0.25, 0.3) is 0 Å². The number of likely N-dealkylation sites (N-methyl/N-ethyl adjacent to an activating group) is 1. The molecule has 0 radical (unpaired) electrons. The van der Waals surface area contributed by atoms with Crippen LogP contribution in [0.2, 0.25) is 0 Å². The van der Waals surface area contributed by atoms with Crippen LogP contribution < -0.4 is 5.32 Å². The molecular weight excluding hydrogens is 220 g/mol. The lowest BCUT2D eigenvalue weighted by Gasteiger charge is -2.24. The van der Waals surface area contributed by atoms with Crippen LogP contribution in [0.4, 0.5) is 0 Å². The summed E-state index contributed by atoms with van der Waals surface area (Å²) < 4.78 is 5.17. The van der Waals surface area contributed by atoms with Gasteiger partial charge in [-0.15, -0.1) is 0 Å². The van der Waals surface area contributed by atoms with E-state index in [2.05, 4.69) is 5.32 Å². The van der Waals surface area contributed by atoms with E-state index >= 15 is 0 Å². The largest absolute Gasteiger partial charge is 0.459 e. The number of ether oxygens (including phenoxy) is 1. The fraction of sp³-hybridized carbons (Fsp3) is 0.833. The first-order valence-corrected chi connectivity index (χ1v) is 6.00. The number of hydrogen-bond donors (Lipinski definition) is 1. The van der Waals surface area contributed by atoms with Gasteiger partial charge in [0, 0.05) is 7.05 Å². The molecule has 1 N–H and O–H groups in total. The van der Waals surface area contributed by atoms with Gasteiger partial charge in [-0.1, -0.05) is 0 Å². The number of carbonyl (C=O) groups excluding carboxylic acids is 2. The van der Waals surface area contributed by atoms with Gasteiger partial charge in [0.2, 0.25) is 5.91 Å². The van der Waals surface area contributed by atoms with Gasteiger partial charge in [0.15, 0.2) is 0 Å². The Morgan fingerprint density at radius 1 is 1.41 bits per heavy atom. The summed E-state index contributed by atoms with van der Waals surface area (Å²) in [5.41, 5.74) is -0.507. The van der Waals surface area contributed by atoms with E-state index in [4.69, 9.17) is 4.74 Å². The number of nitrogens with zero attached hydrogens (tertiary/aromatic N) is 1. The maximum absolute atomic E-state index is 11.9. The van der Waals surface area contributed by atoms with Gasteiger partial charge in [0.05, 0.1) is 6.04 Å². The van der Waals surface area contributed by atoms with E-state index in [-0.39, 0.29) is 24.5 Å². The fourth-order valence-corrected chi connectivity index (χ4v) is 1.81. The van der Waals surface area contributed by atoms with Crippen LogP contribution in [-0.2, 0) is 14.3 Å². The second kappa shape index (κ2) is 5.49. The molecule has 1 atom stereocenters. The SMILES string of the molecule is CN(CC(=O)OC(C)(C)C)C(=O)[C@@H]1CCCN1. The van der Waals surface area contributed by atoms with Crippen molar-refractivity contribution in [1.82, 2.24) is 10.2 Å². The molecule has 5 nitrogen and oxygen atoms in total. The van der Waals surface area contributed by atoms with Crippen LogP contribution in [0.3, 0.4) is 0 Å². The van der Waals surface area contributed by atoms with Gasteiger partial charge in [0.1, 0.15) is 12.1 Å². The van der Waals surface area contributed by atoms with Crippen molar-refractivity contribution in [1.29, 1.82) is 0 Å². The minimum atomic E-state index is -0.507. The third-order valence-corrected chi connectivity index (χ3v) is 2.52. The molecule has 98 valence electrons. The number of carbonyl (C=O) groups is 2. The summed E-state index contributed by atoms with van der Waals surface area (Å²) in [6.07, 6.45) is 1.86. The Morgan fingerprint density at radius 2 is 2.06 bits per heavy atom. The molecule has 0 aromatic carbocycles. The molecule has 1 amide bonds. The highest BCUT2D eigenvalue weighted by Gasteiger charge is 2.27. The average Bonchev–Trinajstić information content (AvgIpc) is 2.65.